The summed E-state index contributed by atoms with van der Waals surface area (Å²) in [4.78, 5) is 17.5. The van der Waals surface area contributed by atoms with Gasteiger partial charge in [-0.25, -0.2) is 0 Å². The number of halogens is 3. The number of amides is 1. The largest absolute Gasteiger partial charge is 0.433 e. The molecule has 0 fully saturated rings. The summed E-state index contributed by atoms with van der Waals surface area (Å²) >= 11 is 7.31. The number of aromatic nitrogens is 2. The lowest BCUT2D eigenvalue weighted by Gasteiger charge is -2.11. The second kappa shape index (κ2) is 9.03. The highest BCUT2D eigenvalue weighted by atomic mass is 35.5. The van der Waals surface area contributed by atoms with Crippen LogP contribution in [0.4, 0.5) is 14.5 Å². The third kappa shape index (κ3) is 5.20. The number of carbonyl (C=O) groups excluding carboxylic acids is 1. The van der Waals surface area contributed by atoms with Gasteiger partial charge in [-0.3, -0.25) is 4.79 Å². The van der Waals surface area contributed by atoms with Crippen molar-refractivity contribution >= 4 is 35.0 Å². The van der Waals surface area contributed by atoms with Crippen LogP contribution in [0.25, 0.3) is 0 Å². The third-order valence-electron chi connectivity index (χ3n) is 3.46. The van der Waals surface area contributed by atoms with Crippen LogP contribution < -0.4 is 10.1 Å². The summed E-state index contributed by atoms with van der Waals surface area (Å²) in [7, 11) is 0. The van der Waals surface area contributed by atoms with Crippen LogP contribution in [0.15, 0.2) is 51.9 Å². The van der Waals surface area contributed by atoms with E-state index >= 15 is 0 Å². The molecule has 0 atom stereocenters. The van der Waals surface area contributed by atoms with E-state index in [-0.39, 0.29) is 16.7 Å². The van der Waals surface area contributed by atoms with Crippen LogP contribution in [0.3, 0.4) is 0 Å². The summed E-state index contributed by atoms with van der Waals surface area (Å²) in [5.41, 5.74) is 0.793. The molecular weight excluding hydrogens is 412 g/mol. The number of benzene rings is 2. The van der Waals surface area contributed by atoms with Crippen LogP contribution in [0.2, 0.25) is 5.02 Å². The fourth-order valence-electron chi connectivity index (χ4n) is 2.29. The van der Waals surface area contributed by atoms with E-state index in [2.05, 4.69) is 20.2 Å². The SMILES string of the molecule is Cc1nc(CSc2ccccc2C(=O)Nc2ccc(OC(F)F)c(Cl)c2)no1. The quantitative estimate of drug-likeness (QED) is 0.526. The molecule has 0 aliphatic rings. The van der Waals surface area contributed by atoms with Crippen LogP contribution in [0.1, 0.15) is 22.1 Å². The van der Waals surface area contributed by atoms with E-state index < -0.39 is 6.61 Å². The van der Waals surface area contributed by atoms with E-state index in [1.807, 2.05) is 6.07 Å². The Kier molecular flexibility index (Phi) is 6.48. The molecule has 0 saturated heterocycles. The molecule has 0 radical (unpaired) electrons. The van der Waals surface area contributed by atoms with Crippen molar-refractivity contribution in [3.05, 3.63) is 64.8 Å². The minimum absolute atomic E-state index is 0.0340. The standard InChI is InChI=1S/C18H14ClF2N3O3S/c1-10-22-16(24-27-10)9-28-15-5-3-2-4-12(15)17(25)23-11-6-7-14(13(19)8-11)26-18(20)21/h2-8,18H,9H2,1H3,(H,23,25). The molecular formula is C18H14ClF2N3O3S. The highest BCUT2D eigenvalue weighted by Crippen LogP contribution is 2.30. The molecule has 3 aromatic rings. The van der Waals surface area contributed by atoms with Gasteiger partial charge in [0.05, 0.1) is 16.3 Å². The van der Waals surface area contributed by atoms with Gasteiger partial charge in [0, 0.05) is 17.5 Å². The van der Waals surface area contributed by atoms with Crippen LogP contribution in [0.5, 0.6) is 5.75 Å². The Morgan fingerprint density at radius 3 is 2.79 bits per heavy atom. The van der Waals surface area contributed by atoms with Gasteiger partial charge in [0.15, 0.2) is 5.82 Å². The van der Waals surface area contributed by atoms with E-state index in [4.69, 9.17) is 16.1 Å². The topological polar surface area (TPSA) is 77.2 Å². The Hall–Kier alpha value is -2.65. The van der Waals surface area contributed by atoms with Gasteiger partial charge in [-0.05, 0) is 30.3 Å². The minimum atomic E-state index is -2.98. The average Bonchev–Trinajstić information content (AvgIpc) is 3.07. The van der Waals surface area contributed by atoms with Gasteiger partial charge in [-0.1, -0.05) is 28.9 Å². The molecule has 1 amide bonds. The molecule has 0 aliphatic carbocycles. The summed E-state index contributed by atoms with van der Waals surface area (Å²) in [6.45, 7) is -1.28. The summed E-state index contributed by atoms with van der Waals surface area (Å²) in [6, 6.07) is 11.1. The summed E-state index contributed by atoms with van der Waals surface area (Å²) in [5, 5.41) is 6.48. The molecule has 0 saturated carbocycles. The number of nitrogens with one attached hydrogen (secondary N) is 1. The van der Waals surface area contributed by atoms with Gasteiger partial charge < -0.3 is 14.6 Å². The Morgan fingerprint density at radius 1 is 1.32 bits per heavy atom. The minimum Gasteiger partial charge on any atom is -0.433 e. The zero-order chi connectivity index (χ0) is 20.1. The molecule has 28 heavy (non-hydrogen) atoms. The Labute approximate surface area is 168 Å². The van der Waals surface area contributed by atoms with Gasteiger partial charge in [-0.15, -0.1) is 11.8 Å². The molecule has 1 N–H and O–H groups in total. The number of carbonyl (C=O) groups is 1. The van der Waals surface area contributed by atoms with Crippen molar-refractivity contribution in [2.24, 2.45) is 0 Å². The van der Waals surface area contributed by atoms with Crippen molar-refractivity contribution < 1.29 is 22.8 Å². The highest BCUT2D eigenvalue weighted by molar-refractivity contribution is 7.98. The monoisotopic (exact) mass is 425 g/mol. The average molecular weight is 426 g/mol. The maximum atomic E-state index is 12.7. The summed E-state index contributed by atoms with van der Waals surface area (Å²) in [6.07, 6.45) is 0. The number of ether oxygens (including phenoxy) is 1. The highest BCUT2D eigenvalue weighted by Gasteiger charge is 2.15. The van der Waals surface area contributed by atoms with Crippen molar-refractivity contribution in [2.45, 2.75) is 24.2 Å². The van der Waals surface area contributed by atoms with Gasteiger partial charge in [0.25, 0.3) is 5.91 Å². The molecule has 0 bridgehead atoms. The smallest absolute Gasteiger partial charge is 0.387 e. The fraction of sp³-hybridized carbons (Fsp3) is 0.167. The number of nitrogens with zero attached hydrogens (tertiary/aromatic N) is 2. The molecule has 6 nitrogen and oxygen atoms in total. The Balaban J connectivity index is 1.71. The maximum absolute atomic E-state index is 12.7. The van der Waals surface area contributed by atoms with Gasteiger partial charge >= 0.3 is 6.61 Å². The molecule has 0 unspecified atom stereocenters. The van der Waals surface area contributed by atoms with Crippen molar-refractivity contribution in [3.8, 4) is 5.75 Å². The van der Waals surface area contributed by atoms with Gasteiger partial charge in [0.2, 0.25) is 5.89 Å². The second-order valence-corrected chi connectivity index (χ2v) is 6.92. The number of hydrogen-bond donors (Lipinski definition) is 1. The van der Waals surface area contributed by atoms with Crippen LogP contribution >= 0.6 is 23.4 Å². The zero-order valence-corrected chi connectivity index (χ0v) is 16.1. The number of thioether (sulfide) groups is 1. The molecule has 2 aromatic carbocycles. The first-order chi connectivity index (χ1) is 13.4. The molecule has 1 aromatic heterocycles. The van der Waals surface area contributed by atoms with E-state index in [1.165, 1.54) is 30.0 Å². The van der Waals surface area contributed by atoms with Crippen LogP contribution in [0, 0.1) is 6.92 Å². The first-order valence-corrected chi connectivity index (χ1v) is 9.35. The van der Waals surface area contributed by atoms with Gasteiger partial charge in [0.1, 0.15) is 5.75 Å². The molecule has 0 aliphatic heterocycles. The lowest BCUT2D eigenvalue weighted by Crippen LogP contribution is -2.13. The number of aryl methyl sites for hydroxylation is 1. The van der Waals surface area contributed by atoms with Crippen molar-refractivity contribution in [3.63, 3.8) is 0 Å². The van der Waals surface area contributed by atoms with E-state index in [0.717, 1.165) is 4.90 Å². The Bertz CT molecular complexity index is 984. The molecule has 1 heterocycles. The van der Waals surface area contributed by atoms with E-state index in [0.29, 0.717) is 28.7 Å². The molecule has 10 heteroatoms. The molecule has 146 valence electrons. The number of anilines is 1. The van der Waals surface area contributed by atoms with E-state index in [1.54, 1.807) is 25.1 Å². The summed E-state index contributed by atoms with van der Waals surface area (Å²) in [5.74, 6) is 0.900. The Morgan fingerprint density at radius 2 is 2.11 bits per heavy atom. The fourth-order valence-corrected chi connectivity index (χ4v) is 3.41. The number of alkyl halides is 2. The predicted molar refractivity (Wildman–Crippen MR) is 101 cm³/mol. The lowest BCUT2D eigenvalue weighted by atomic mass is 10.2. The second-order valence-electron chi connectivity index (χ2n) is 5.49. The van der Waals surface area contributed by atoms with Crippen LogP contribution in [-0.4, -0.2) is 22.7 Å². The lowest BCUT2D eigenvalue weighted by molar-refractivity contribution is -0.0497. The first kappa shape index (κ1) is 20.1. The van der Waals surface area contributed by atoms with Crippen molar-refractivity contribution in [1.82, 2.24) is 10.1 Å². The van der Waals surface area contributed by atoms with Crippen LogP contribution in [-0.2, 0) is 5.75 Å². The molecule has 3 rings (SSSR count). The molecule has 0 spiro atoms. The van der Waals surface area contributed by atoms with Crippen molar-refractivity contribution in [1.29, 1.82) is 0 Å². The van der Waals surface area contributed by atoms with Crippen molar-refractivity contribution in [2.75, 3.05) is 5.32 Å². The third-order valence-corrected chi connectivity index (χ3v) is 4.83. The number of hydrogen-bond acceptors (Lipinski definition) is 6. The zero-order valence-electron chi connectivity index (χ0n) is 14.5. The predicted octanol–water partition coefficient (Wildman–Crippen LogP) is 5.18. The number of rotatable bonds is 7. The normalized spacial score (nSPS) is 10.9. The van der Waals surface area contributed by atoms with Gasteiger partial charge in [-0.2, -0.15) is 13.8 Å². The summed E-state index contributed by atoms with van der Waals surface area (Å²) < 4.78 is 33.8. The maximum Gasteiger partial charge on any atom is 0.387 e. The van der Waals surface area contributed by atoms with E-state index in [9.17, 15) is 13.6 Å². The first-order valence-electron chi connectivity index (χ1n) is 7.99.